The smallest absolute Gasteiger partial charge is 0.421 e. The Balaban J connectivity index is 2.69. The van der Waals surface area contributed by atoms with Crippen LogP contribution in [0.4, 0.5) is 4.79 Å². The van der Waals surface area contributed by atoms with Crippen LogP contribution in [0.1, 0.15) is 26.7 Å². The molecule has 18 heavy (non-hydrogen) atoms. The number of nitrogens with zero attached hydrogens (tertiary/aromatic N) is 1. The summed E-state index contributed by atoms with van der Waals surface area (Å²) in [7, 11) is -3.81. The standard InChI is InChI=1S/C10H21N3O4S/c1-3-13(9-5-7-11-8-6-9)18(15,16)12-10(14)17-4-2/h9,11H,3-8H2,1-2H3,(H,12,14). The summed E-state index contributed by atoms with van der Waals surface area (Å²) < 4.78 is 31.9. The summed E-state index contributed by atoms with van der Waals surface area (Å²) in [6.45, 7) is 5.43. The van der Waals surface area contributed by atoms with Gasteiger partial charge >= 0.3 is 16.3 Å². The molecule has 1 aliphatic heterocycles. The fourth-order valence-electron chi connectivity index (χ4n) is 2.04. The Morgan fingerprint density at radius 1 is 1.39 bits per heavy atom. The van der Waals surface area contributed by atoms with Gasteiger partial charge in [-0.25, -0.2) is 9.52 Å². The van der Waals surface area contributed by atoms with Crippen LogP contribution in [-0.4, -0.2) is 51.1 Å². The Hall–Kier alpha value is -0.860. The molecule has 0 bridgehead atoms. The van der Waals surface area contributed by atoms with Gasteiger partial charge in [0.2, 0.25) is 0 Å². The highest BCUT2D eigenvalue weighted by Crippen LogP contribution is 2.14. The molecular formula is C10H21N3O4S. The average Bonchev–Trinajstić information content (AvgIpc) is 2.30. The molecule has 2 N–H and O–H groups in total. The van der Waals surface area contributed by atoms with E-state index in [2.05, 4.69) is 10.1 Å². The fraction of sp³-hybridized carbons (Fsp3) is 0.900. The largest absolute Gasteiger partial charge is 0.449 e. The molecule has 0 saturated carbocycles. The number of hydrogen-bond acceptors (Lipinski definition) is 5. The maximum Gasteiger partial charge on any atom is 0.421 e. The predicted octanol–water partition coefficient (Wildman–Crippen LogP) is 0.0512. The van der Waals surface area contributed by atoms with E-state index in [4.69, 9.17) is 0 Å². The van der Waals surface area contributed by atoms with Gasteiger partial charge in [0, 0.05) is 12.6 Å². The van der Waals surface area contributed by atoms with Crippen LogP contribution in [0.5, 0.6) is 0 Å². The van der Waals surface area contributed by atoms with Gasteiger partial charge in [0.1, 0.15) is 0 Å². The number of ether oxygens (including phenoxy) is 1. The fourth-order valence-corrected chi connectivity index (χ4v) is 3.37. The Morgan fingerprint density at radius 2 is 2.00 bits per heavy atom. The number of nitrogens with one attached hydrogen (secondary N) is 2. The van der Waals surface area contributed by atoms with Crippen LogP contribution in [0.3, 0.4) is 0 Å². The lowest BCUT2D eigenvalue weighted by atomic mass is 10.1. The zero-order valence-corrected chi connectivity index (χ0v) is 11.6. The van der Waals surface area contributed by atoms with Crippen LogP contribution in [0.25, 0.3) is 0 Å². The zero-order chi connectivity index (χ0) is 13.6. The molecule has 1 amide bonds. The first-order valence-electron chi connectivity index (χ1n) is 6.18. The van der Waals surface area contributed by atoms with E-state index in [0.717, 1.165) is 25.9 Å². The van der Waals surface area contributed by atoms with Gasteiger partial charge in [-0.2, -0.15) is 12.7 Å². The molecule has 0 aromatic rings. The molecule has 0 radical (unpaired) electrons. The normalized spacial score (nSPS) is 17.7. The van der Waals surface area contributed by atoms with Crippen LogP contribution < -0.4 is 10.0 Å². The zero-order valence-electron chi connectivity index (χ0n) is 10.8. The van der Waals surface area contributed by atoms with Crippen molar-refractivity contribution in [1.82, 2.24) is 14.3 Å². The molecule has 106 valence electrons. The van der Waals surface area contributed by atoms with E-state index in [1.54, 1.807) is 13.8 Å². The average molecular weight is 279 g/mol. The summed E-state index contributed by atoms with van der Waals surface area (Å²) in [5, 5.41) is 3.17. The van der Waals surface area contributed by atoms with Gasteiger partial charge in [-0.1, -0.05) is 6.92 Å². The summed E-state index contributed by atoms with van der Waals surface area (Å²) in [6.07, 6.45) is 0.569. The first-order chi connectivity index (χ1) is 8.51. The van der Waals surface area contributed by atoms with E-state index in [-0.39, 0.29) is 12.6 Å². The van der Waals surface area contributed by atoms with Crippen LogP contribution in [-0.2, 0) is 14.9 Å². The molecule has 7 nitrogen and oxygen atoms in total. The van der Waals surface area contributed by atoms with Crippen LogP contribution in [0, 0.1) is 0 Å². The van der Waals surface area contributed by atoms with E-state index in [1.165, 1.54) is 4.31 Å². The van der Waals surface area contributed by atoms with Crippen molar-refractivity contribution in [3.05, 3.63) is 0 Å². The van der Waals surface area contributed by atoms with Crippen molar-refractivity contribution in [1.29, 1.82) is 0 Å². The second-order valence-corrected chi connectivity index (χ2v) is 5.64. The van der Waals surface area contributed by atoms with Gasteiger partial charge in [-0.05, 0) is 32.9 Å². The third-order valence-corrected chi connectivity index (χ3v) is 4.42. The van der Waals surface area contributed by atoms with Crippen LogP contribution in [0.2, 0.25) is 0 Å². The molecule has 1 rings (SSSR count). The lowest BCUT2D eigenvalue weighted by Crippen LogP contribution is -2.51. The minimum atomic E-state index is -3.81. The maximum absolute atomic E-state index is 12.0. The molecule has 0 unspecified atom stereocenters. The molecule has 1 fully saturated rings. The van der Waals surface area contributed by atoms with E-state index >= 15 is 0 Å². The van der Waals surface area contributed by atoms with E-state index < -0.39 is 16.3 Å². The highest BCUT2D eigenvalue weighted by atomic mass is 32.2. The molecule has 0 aliphatic carbocycles. The minimum absolute atomic E-state index is 0.0665. The van der Waals surface area contributed by atoms with Gasteiger partial charge in [0.05, 0.1) is 6.61 Å². The number of carbonyl (C=O) groups excluding carboxylic acids is 1. The number of piperidine rings is 1. The lowest BCUT2D eigenvalue weighted by molar-refractivity contribution is 0.157. The Kier molecular flexibility index (Phi) is 5.83. The quantitative estimate of drug-likeness (QED) is 0.742. The Morgan fingerprint density at radius 3 is 2.50 bits per heavy atom. The van der Waals surface area contributed by atoms with Crippen molar-refractivity contribution in [2.24, 2.45) is 0 Å². The summed E-state index contributed by atoms with van der Waals surface area (Å²) in [4.78, 5) is 11.2. The summed E-state index contributed by atoms with van der Waals surface area (Å²) in [5.74, 6) is 0. The van der Waals surface area contributed by atoms with E-state index in [0.29, 0.717) is 6.54 Å². The molecule has 1 saturated heterocycles. The number of rotatable bonds is 5. The van der Waals surface area contributed by atoms with Crippen LogP contribution >= 0.6 is 0 Å². The first-order valence-corrected chi connectivity index (χ1v) is 7.62. The molecule has 0 aromatic heterocycles. The van der Waals surface area contributed by atoms with E-state index in [9.17, 15) is 13.2 Å². The van der Waals surface area contributed by atoms with Crippen molar-refractivity contribution >= 4 is 16.3 Å². The highest BCUT2D eigenvalue weighted by molar-refractivity contribution is 7.87. The topological polar surface area (TPSA) is 87.7 Å². The summed E-state index contributed by atoms with van der Waals surface area (Å²) >= 11 is 0. The number of amides is 1. The van der Waals surface area contributed by atoms with Crippen LogP contribution in [0.15, 0.2) is 0 Å². The minimum Gasteiger partial charge on any atom is -0.449 e. The summed E-state index contributed by atoms with van der Waals surface area (Å²) in [5.41, 5.74) is 0. The molecule has 0 aromatic carbocycles. The Bertz CT molecular complexity index is 365. The van der Waals surface area contributed by atoms with Crippen molar-refractivity contribution in [3.8, 4) is 0 Å². The van der Waals surface area contributed by atoms with Gasteiger partial charge in [0.15, 0.2) is 0 Å². The highest BCUT2D eigenvalue weighted by Gasteiger charge is 2.31. The third-order valence-electron chi connectivity index (χ3n) is 2.82. The van der Waals surface area contributed by atoms with Gasteiger partial charge < -0.3 is 10.1 Å². The monoisotopic (exact) mass is 279 g/mol. The van der Waals surface area contributed by atoms with Crippen molar-refractivity contribution in [3.63, 3.8) is 0 Å². The van der Waals surface area contributed by atoms with Crippen molar-refractivity contribution in [2.75, 3.05) is 26.2 Å². The second kappa shape index (κ2) is 6.91. The molecule has 1 heterocycles. The summed E-state index contributed by atoms with van der Waals surface area (Å²) in [6, 6.07) is -0.0665. The first kappa shape index (κ1) is 15.2. The van der Waals surface area contributed by atoms with Gasteiger partial charge in [-0.15, -0.1) is 0 Å². The number of hydrogen-bond donors (Lipinski definition) is 2. The SMILES string of the molecule is CCOC(=O)NS(=O)(=O)N(CC)C1CCNCC1. The maximum atomic E-state index is 12.0. The van der Waals surface area contributed by atoms with Gasteiger partial charge in [0.25, 0.3) is 0 Å². The third kappa shape index (κ3) is 4.11. The number of carbonyl (C=O) groups is 1. The molecule has 0 atom stereocenters. The molecule has 0 spiro atoms. The van der Waals surface area contributed by atoms with E-state index in [1.807, 2.05) is 4.72 Å². The molecule has 8 heteroatoms. The molecule has 1 aliphatic rings. The van der Waals surface area contributed by atoms with Crippen molar-refractivity contribution in [2.45, 2.75) is 32.7 Å². The van der Waals surface area contributed by atoms with Gasteiger partial charge in [-0.3, -0.25) is 0 Å². The second-order valence-electron chi connectivity index (χ2n) is 4.01. The molecular weight excluding hydrogens is 258 g/mol. The lowest BCUT2D eigenvalue weighted by Gasteiger charge is -2.32. The Labute approximate surface area is 108 Å². The van der Waals surface area contributed by atoms with Crippen molar-refractivity contribution < 1.29 is 17.9 Å². The predicted molar refractivity (Wildman–Crippen MR) is 67.3 cm³/mol.